The van der Waals surface area contributed by atoms with E-state index in [0.29, 0.717) is 5.56 Å². The van der Waals surface area contributed by atoms with Crippen molar-refractivity contribution in [1.82, 2.24) is 106 Å². The largest absolute Gasteiger partial charge is 0.481 e. The summed E-state index contributed by atoms with van der Waals surface area (Å²) in [5.41, 5.74) is 27.5. The molecule has 1 aliphatic rings. The molecule has 56 heteroatoms. The van der Waals surface area contributed by atoms with Crippen LogP contribution in [0.25, 0.3) is 0 Å². The van der Waals surface area contributed by atoms with Crippen molar-refractivity contribution in [2.24, 2.45) is 52.3 Å². The van der Waals surface area contributed by atoms with E-state index < -0.39 is 333 Å². The summed E-state index contributed by atoms with van der Waals surface area (Å²) in [6.07, 6.45) is -6.51. The Balaban J connectivity index is 2.33. The molecule has 1 saturated heterocycles. The molecule has 0 bridgehead atoms. The quantitative estimate of drug-likeness (QED) is 0.0164. The number of carbonyl (C=O) groups excluding carboxylic acids is 22. The van der Waals surface area contributed by atoms with Gasteiger partial charge in [-0.05, 0) is 120 Å². The maximum Gasteiger partial charge on any atom is 0.325 e. The third-order valence-electron chi connectivity index (χ3n) is 22.2. The highest BCUT2D eigenvalue weighted by atomic mass is 32.2. The molecule has 0 aliphatic carbocycles. The van der Waals surface area contributed by atoms with Gasteiger partial charge >= 0.3 is 11.9 Å². The van der Waals surface area contributed by atoms with E-state index in [9.17, 15) is 141 Å². The Morgan fingerprint density at radius 3 is 1.35 bits per heavy atom. The number of benzene rings is 1. The third-order valence-corrected chi connectivity index (χ3v) is 22.9. The van der Waals surface area contributed by atoms with Crippen molar-refractivity contribution in [2.75, 3.05) is 51.3 Å². The number of likely N-dealkylation sites (tertiary alicyclic amines) is 1. The molecule has 1 fully saturated rings. The molecule has 144 heavy (non-hydrogen) atoms. The average molecular weight is 2060 g/mol. The summed E-state index contributed by atoms with van der Waals surface area (Å²) < 4.78 is 0. The first-order valence-electron chi connectivity index (χ1n) is 46.7. The van der Waals surface area contributed by atoms with Crippen LogP contribution in [0, 0.1) is 29.1 Å². The van der Waals surface area contributed by atoms with Crippen LogP contribution in [0.3, 0.4) is 0 Å². The number of nitrogens with one attached hydrogen (secondary N) is 20. The monoisotopic (exact) mass is 2060 g/mol. The van der Waals surface area contributed by atoms with Gasteiger partial charge < -0.3 is 160 Å². The van der Waals surface area contributed by atoms with Gasteiger partial charge in [-0.25, -0.2) is 0 Å². The number of hydrogen-bond donors (Lipinski definition) is 30. The third kappa shape index (κ3) is 45.9. The van der Waals surface area contributed by atoms with Crippen LogP contribution in [0.15, 0.2) is 30.3 Å². The molecule has 20 atom stereocenters. The Kier molecular flexibility index (Phi) is 55.8. The minimum Gasteiger partial charge on any atom is -0.481 e. The highest BCUT2D eigenvalue weighted by Gasteiger charge is 2.44. The summed E-state index contributed by atoms with van der Waals surface area (Å²) in [4.78, 5) is 325. The summed E-state index contributed by atoms with van der Waals surface area (Å²) in [7, 11) is 0. The number of aliphatic hydroxyl groups excluding tert-OH is 3. The van der Waals surface area contributed by atoms with E-state index in [-0.39, 0.29) is 88.5 Å². The number of guanidine groups is 1. The fraction of sp³-hybridized carbons (Fsp3) is 0.648. The van der Waals surface area contributed by atoms with Crippen LogP contribution in [-0.2, 0) is 121 Å². The Labute approximate surface area is 835 Å². The van der Waals surface area contributed by atoms with Crippen molar-refractivity contribution in [2.45, 2.75) is 288 Å². The molecule has 55 nitrogen and oxygen atoms in total. The standard InChI is InChI=1S/C88H144N26O29S/c1-14-43(8)68(112-82(137)59-23-19-28-114(59)86(141)70(47(12)117)111-65(123)37-96-72(127)50(24-25-60(90)118)101-77(132)54(32-48-20-16-15-17-21-48)106-78(133)55(33-61(91)119)100-63(121)36-89)83(138)97-38-64(122)110-67(42(6)7)84(139)109-58(39-115)81(136)102-51(26-29-144-13)74(129)108-57(35-66(124)125)79(134)107-56(34-62(92)120)80(135)113-69(46(11)116)85(140)103-49(22-18-27-95-88(93)94)73(128)105-53(31-41(4)5)75(130)98-44(9)71(126)104-52(30-40(2)3)76(131)99-45(10)87(142)143/h15-17,20-21,40-47,49-59,67-70,115-117H,14,18-19,22-39,89H2,1-13H3,(H2,90,118)(H2,91,119)(H2,92,120)(H,96,127)(H,97,138)(H,98,130)(H,99,131)(H,100,121)(H,101,132)(H,102,136)(H,103,140)(H,104,126)(H,105,128)(H,106,133)(H,107,134)(H,108,129)(H,109,139)(H,110,122)(H,111,123)(H,112,137)(H,113,135)(H,124,125)(H,142,143)(H4,93,94,95)/t43-,44-,45-,46+,47+,49-,50-,51-,52-,53-,54-,55-,56-,57-,58-,59-,67-,68-,69-,70-/m0/s1. The summed E-state index contributed by atoms with van der Waals surface area (Å²) in [6.45, 7) is 13.9. The molecule has 1 aromatic rings. The SMILES string of the molecule is CC[C@H](C)[C@H](NC(=O)[C@@H]1CCCN1C(=O)[C@@H](NC(=O)CNC(=O)[C@H](CCC(N)=O)NC(=O)[C@H](Cc1ccccc1)NC(=O)[C@H](CC(N)=O)NC(=O)CN)[C@@H](C)O)C(=O)NCC(=O)N[C@H](C(=O)N[C@@H](CO)C(=O)N[C@@H](CCSC)C(=O)N[C@@H](CC(=O)O)C(=O)N[C@@H](CC(N)=O)C(=O)N[C@H](C(=O)N[C@@H](CCCNC(=N)N)C(=O)N[C@@H](CC(C)C)C(=O)N[C@@H](C)C(=O)N[C@@H](CC(C)C)C(=O)N[C@@H](C)C(=O)O)[C@@H](C)O)C(C)C. The predicted octanol–water partition coefficient (Wildman–Crippen LogP) is -11.7. The molecular weight excluding hydrogens is 1920 g/mol. The number of hydrogen-bond acceptors (Lipinski definition) is 30. The van der Waals surface area contributed by atoms with Crippen molar-refractivity contribution in [1.29, 1.82) is 5.41 Å². The van der Waals surface area contributed by atoms with Gasteiger partial charge in [-0.1, -0.05) is 92.1 Å². The van der Waals surface area contributed by atoms with E-state index in [2.05, 4.69) is 101 Å². The van der Waals surface area contributed by atoms with Crippen LogP contribution in [-0.4, -0.2) is 345 Å². The number of rotatable bonds is 66. The second kappa shape index (κ2) is 63.8. The van der Waals surface area contributed by atoms with Crippen molar-refractivity contribution in [3.05, 3.63) is 35.9 Å². The lowest BCUT2D eigenvalue weighted by atomic mass is 9.97. The predicted molar refractivity (Wildman–Crippen MR) is 514 cm³/mol. The lowest BCUT2D eigenvalue weighted by Gasteiger charge is -2.31. The zero-order valence-electron chi connectivity index (χ0n) is 82.8. The molecule has 35 N–H and O–H groups in total. The summed E-state index contributed by atoms with van der Waals surface area (Å²) in [5, 5.41) is 104. The van der Waals surface area contributed by atoms with Gasteiger partial charge in [0, 0.05) is 25.9 Å². The summed E-state index contributed by atoms with van der Waals surface area (Å²) in [5.74, 6) is -29.3. The maximum absolute atomic E-state index is 14.3. The van der Waals surface area contributed by atoms with Gasteiger partial charge in [0.2, 0.25) is 130 Å². The summed E-state index contributed by atoms with van der Waals surface area (Å²) in [6, 6.07) is -19.9. The second-order valence-corrected chi connectivity index (χ2v) is 36.8. The van der Waals surface area contributed by atoms with E-state index in [0.717, 1.165) is 30.5 Å². The van der Waals surface area contributed by atoms with E-state index >= 15 is 0 Å². The lowest BCUT2D eigenvalue weighted by Crippen LogP contribution is -2.62. The number of primary amides is 3. The zero-order chi connectivity index (χ0) is 109. The van der Waals surface area contributed by atoms with Gasteiger partial charge in [0.1, 0.15) is 103 Å². The number of thioether (sulfide) groups is 1. The van der Waals surface area contributed by atoms with E-state index in [1.54, 1.807) is 78.1 Å². The number of carboxylic acid groups (broad SMARTS) is 2. The molecule has 0 unspecified atom stereocenters. The van der Waals surface area contributed by atoms with Crippen LogP contribution >= 0.6 is 11.8 Å². The number of aliphatic hydroxyl groups is 3. The van der Waals surface area contributed by atoms with Gasteiger partial charge in [0.15, 0.2) is 5.96 Å². The molecule has 0 radical (unpaired) electrons. The van der Waals surface area contributed by atoms with Gasteiger partial charge in [-0.3, -0.25) is 120 Å². The fourth-order valence-electron chi connectivity index (χ4n) is 14.2. The highest BCUT2D eigenvalue weighted by Crippen LogP contribution is 2.22. The molecule has 2 rings (SSSR count). The molecule has 0 spiro atoms. The first-order valence-corrected chi connectivity index (χ1v) is 48.1. The first-order chi connectivity index (χ1) is 67.4. The van der Waals surface area contributed by atoms with Crippen LogP contribution < -0.4 is 130 Å². The Morgan fingerprint density at radius 2 is 0.868 bits per heavy atom. The summed E-state index contributed by atoms with van der Waals surface area (Å²) >= 11 is 1.13. The van der Waals surface area contributed by atoms with Crippen LogP contribution in [0.2, 0.25) is 0 Å². The van der Waals surface area contributed by atoms with Gasteiger partial charge in [-0.15, -0.1) is 0 Å². The molecule has 806 valence electrons. The molecular formula is C88H144N26O29S. The second-order valence-electron chi connectivity index (χ2n) is 35.8. The molecule has 1 heterocycles. The zero-order valence-corrected chi connectivity index (χ0v) is 83.6. The minimum atomic E-state index is -2.19. The van der Waals surface area contributed by atoms with Crippen molar-refractivity contribution >= 4 is 160 Å². The van der Waals surface area contributed by atoms with Gasteiger partial charge in [0.05, 0.1) is 57.7 Å². The van der Waals surface area contributed by atoms with E-state index in [1.807, 2.05) is 0 Å². The normalized spacial score (nSPS) is 16.1. The van der Waals surface area contributed by atoms with Crippen LogP contribution in [0.5, 0.6) is 0 Å². The number of carboxylic acids is 2. The van der Waals surface area contributed by atoms with E-state index in [1.165, 1.54) is 27.7 Å². The first kappa shape index (κ1) is 126. The number of aliphatic carboxylic acids is 2. The molecule has 0 aromatic heterocycles. The lowest BCUT2D eigenvalue weighted by molar-refractivity contribution is -0.144. The van der Waals surface area contributed by atoms with Gasteiger partial charge in [-0.2, -0.15) is 11.8 Å². The Morgan fingerprint density at radius 1 is 0.438 bits per heavy atom. The maximum atomic E-state index is 14.3. The van der Waals surface area contributed by atoms with E-state index in [4.69, 9.17) is 34.1 Å². The van der Waals surface area contributed by atoms with Crippen LogP contribution in [0.4, 0.5) is 0 Å². The van der Waals surface area contributed by atoms with Crippen molar-refractivity contribution in [3.63, 3.8) is 0 Å². The van der Waals surface area contributed by atoms with Crippen LogP contribution in [0.1, 0.15) is 172 Å². The molecule has 0 saturated carbocycles. The minimum absolute atomic E-state index is 0.00286. The number of nitrogens with two attached hydrogens (primary N) is 5. The average Bonchev–Trinajstić information content (AvgIpc) is 1.66. The number of carbonyl (C=O) groups is 24. The fourth-order valence-corrected chi connectivity index (χ4v) is 14.7. The Bertz CT molecular complexity index is 4650. The number of nitrogens with zero attached hydrogens (tertiary/aromatic N) is 1. The highest BCUT2D eigenvalue weighted by molar-refractivity contribution is 7.98. The smallest absolute Gasteiger partial charge is 0.325 e. The Hall–Kier alpha value is -14.0. The molecule has 22 amide bonds. The van der Waals surface area contributed by atoms with Crippen molar-refractivity contribution < 1.29 is 141 Å². The topological polar surface area (TPSA) is 897 Å². The molecule has 1 aromatic carbocycles. The number of amides is 22. The van der Waals surface area contributed by atoms with Gasteiger partial charge in [0.25, 0.3) is 0 Å². The molecule has 1 aliphatic heterocycles. The van der Waals surface area contributed by atoms with Crippen molar-refractivity contribution in [3.8, 4) is 0 Å².